The molecule has 0 saturated heterocycles. The van der Waals surface area contributed by atoms with E-state index in [0.29, 0.717) is 24.2 Å². The first kappa shape index (κ1) is 20.3. The van der Waals surface area contributed by atoms with Gasteiger partial charge in [-0.1, -0.05) is 6.07 Å². The van der Waals surface area contributed by atoms with Gasteiger partial charge in [-0.2, -0.15) is 5.10 Å². The van der Waals surface area contributed by atoms with Gasteiger partial charge < -0.3 is 19.9 Å². The summed E-state index contributed by atoms with van der Waals surface area (Å²) in [4.78, 5) is 23.1. The number of alkyl carbamates (subject to hydrolysis) is 1. The number of nitrogens with one attached hydrogen (secondary N) is 1. The molecule has 0 fully saturated rings. The molecule has 0 aliphatic rings. The van der Waals surface area contributed by atoms with Crippen molar-refractivity contribution < 1.29 is 24.2 Å². The van der Waals surface area contributed by atoms with Crippen molar-refractivity contribution in [1.82, 2.24) is 15.1 Å². The van der Waals surface area contributed by atoms with Crippen molar-refractivity contribution in [3.8, 4) is 16.9 Å². The zero-order valence-electron chi connectivity index (χ0n) is 16.0. The summed E-state index contributed by atoms with van der Waals surface area (Å²) in [5.41, 5.74) is 1.46. The lowest BCUT2D eigenvalue weighted by molar-refractivity contribution is -0.139. The molecular weight excluding hydrogens is 350 g/mol. The highest BCUT2D eigenvalue weighted by Gasteiger charge is 2.15. The largest absolute Gasteiger partial charge is 0.507 e. The fraction of sp³-hybridized carbons (Fsp3) is 0.421. The monoisotopic (exact) mass is 375 g/mol. The van der Waals surface area contributed by atoms with E-state index in [2.05, 4.69) is 15.2 Å². The van der Waals surface area contributed by atoms with Gasteiger partial charge in [0.05, 0.1) is 26.3 Å². The number of carbonyl (C=O) groups is 2. The molecule has 1 aromatic heterocycles. The number of ether oxygens (including phenoxy) is 2. The molecular formula is C19H25N3O5. The highest BCUT2D eigenvalue weighted by Crippen LogP contribution is 2.30. The molecule has 0 aliphatic carbocycles. The van der Waals surface area contributed by atoms with E-state index < -0.39 is 11.7 Å². The van der Waals surface area contributed by atoms with Crippen molar-refractivity contribution in [1.29, 1.82) is 0 Å². The van der Waals surface area contributed by atoms with Crippen LogP contribution in [0.5, 0.6) is 5.75 Å². The summed E-state index contributed by atoms with van der Waals surface area (Å²) in [6, 6.07) is 4.94. The minimum atomic E-state index is -0.546. The van der Waals surface area contributed by atoms with Gasteiger partial charge in [-0.3, -0.25) is 9.48 Å². The summed E-state index contributed by atoms with van der Waals surface area (Å²) in [6.45, 7) is 6.19. The molecule has 1 heterocycles. The molecule has 0 radical (unpaired) electrons. The number of amides is 1. The third-order valence-corrected chi connectivity index (χ3v) is 3.59. The third-order valence-electron chi connectivity index (χ3n) is 3.59. The standard InChI is InChI=1S/C19H25N3O5/c1-19(2,3)27-18(25)20-7-8-22-12-14(11-21-22)15-9-13(5-6-16(15)23)10-17(24)26-4/h5-6,9,11-12,23H,7-8,10H2,1-4H3,(H,20,25). The number of aromatic nitrogens is 2. The van der Waals surface area contributed by atoms with E-state index in [1.165, 1.54) is 13.2 Å². The fourth-order valence-electron chi connectivity index (χ4n) is 2.37. The lowest BCUT2D eigenvalue weighted by atomic mass is 10.0. The maximum atomic E-state index is 11.6. The number of esters is 1. The van der Waals surface area contributed by atoms with Crippen LogP contribution in [0.1, 0.15) is 26.3 Å². The van der Waals surface area contributed by atoms with Gasteiger partial charge >= 0.3 is 12.1 Å². The number of methoxy groups -OCH3 is 1. The molecule has 0 bridgehead atoms. The van der Waals surface area contributed by atoms with E-state index in [9.17, 15) is 14.7 Å². The van der Waals surface area contributed by atoms with Crippen LogP contribution in [0.25, 0.3) is 11.1 Å². The normalized spacial score (nSPS) is 11.1. The summed E-state index contributed by atoms with van der Waals surface area (Å²) in [5, 5.41) is 17.0. The molecule has 27 heavy (non-hydrogen) atoms. The van der Waals surface area contributed by atoms with Gasteiger partial charge in [-0.25, -0.2) is 4.79 Å². The SMILES string of the molecule is COC(=O)Cc1ccc(O)c(-c2cnn(CCNC(=O)OC(C)(C)C)c2)c1. The Bertz CT molecular complexity index is 808. The number of hydrogen-bond donors (Lipinski definition) is 2. The first-order valence-electron chi connectivity index (χ1n) is 8.56. The minimum Gasteiger partial charge on any atom is -0.507 e. The lowest BCUT2D eigenvalue weighted by Gasteiger charge is -2.19. The van der Waals surface area contributed by atoms with Crippen molar-refractivity contribution in [2.45, 2.75) is 39.3 Å². The fourth-order valence-corrected chi connectivity index (χ4v) is 2.37. The molecule has 0 spiro atoms. The van der Waals surface area contributed by atoms with Crippen LogP contribution in [-0.2, 0) is 27.2 Å². The topological polar surface area (TPSA) is 103 Å². The summed E-state index contributed by atoms with van der Waals surface area (Å²) in [5.74, 6) is -0.259. The van der Waals surface area contributed by atoms with Crippen LogP contribution in [0.3, 0.4) is 0 Å². The molecule has 2 N–H and O–H groups in total. The van der Waals surface area contributed by atoms with Crippen LogP contribution in [0, 0.1) is 0 Å². The average molecular weight is 375 g/mol. The number of benzene rings is 1. The predicted octanol–water partition coefficient (Wildman–Crippen LogP) is 2.50. The molecule has 146 valence electrons. The second-order valence-electron chi connectivity index (χ2n) is 7.03. The number of phenolic OH excluding ortho intramolecular Hbond substituents is 1. The second kappa shape index (κ2) is 8.57. The Kier molecular flexibility index (Phi) is 6.44. The van der Waals surface area contributed by atoms with E-state index in [0.717, 1.165) is 5.56 Å². The van der Waals surface area contributed by atoms with Crippen molar-refractivity contribution in [3.63, 3.8) is 0 Å². The Morgan fingerprint density at radius 3 is 2.70 bits per heavy atom. The molecule has 0 saturated carbocycles. The third kappa shape index (κ3) is 6.32. The number of phenols is 1. The Morgan fingerprint density at radius 2 is 2.04 bits per heavy atom. The molecule has 0 unspecified atom stereocenters. The molecule has 2 aromatic rings. The van der Waals surface area contributed by atoms with Crippen molar-refractivity contribution >= 4 is 12.1 Å². The maximum Gasteiger partial charge on any atom is 0.407 e. The van der Waals surface area contributed by atoms with Crippen molar-refractivity contribution in [3.05, 3.63) is 36.2 Å². The Balaban J connectivity index is 2.00. The summed E-state index contributed by atoms with van der Waals surface area (Å²) < 4.78 is 11.5. The van der Waals surface area contributed by atoms with Crippen LogP contribution >= 0.6 is 0 Å². The van der Waals surface area contributed by atoms with Gasteiger partial charge in [0.1, 0.15) is 11.4 Å². The summed E-state index contributed by atoms with van der Waals surface area (Å²) >= 11 is 0. The van der Waals surface area contributed by atoms with E-state index in [1.807, 2.05) is 0 Å². The summed E-state index contributed by atoms with van der Waals surface area (Å²) in [6.07, 6.45) is 3.01. The molecule has 0 atom stereocenters. The molecule has 8 heteroatoms. The lowest BCUT2D eigenvalue weighted by Crippen LogP contribution is -2.34. The number of carbonyl (C=O) groups excluding carboxylic acids is 2. The highest BCUT2D eigenvalue weighted by molar-refractivity contribution is 5.75. The zero-order valence-corrected chi connectivity index (χ0v) is 16.0. The quantitative estimate of drug-likeness (QED) is 0.752. The minimum absolute atomic E-state index is 0.0926. The Hall–Kier alpha value is -3.03. The Labute approximate surface area is 158 Å². The molecule has 0 aliphatic heterocycles. The van der Waals surface area contributed by atoms with Gasteiger partial charge in [0.25, 0.3) is 0 Å². The highest BCUT2D eigenvalue weighted by atomic mass is 16.6. The van der Waals surface area contributed by atoms with Crippen LogP contribution in [0.4, 0.5) is 4.79 Å². The molecule has 2 rings (SSSR count). The first-order chi connectivity index (χ1) is 12.7. The van der Waals surface area contributed by atoms with Gasteiger partial charge in [0.15, 0.2) is 0 Å². The molecule has 1 amide bonds. The van der Waals surface area contributed by atoms with Crippen LogP contribution < -0.4 is 5.32 Å². The predicted molar refractivity (Wildman–Crippen MR) is 99.3 cm³/mol. The van der Waals surface area contributed by atoms with Gasteiger partial charge in [0.2, 0.25) is 0 Å². The first-order valence-corrected chi connectivity index (χ1v) is 8.56. The summed E-state index contributed by atoms with van der Waals surface area (Å²) in [7, 11) is 1.33. The van der Waals surface area contributed by atoms with E-state index in [1.54, 1.807) is 50.0 Å². The van der Waals surface area contributed by atoms with E-state index >= 15 is 0 Å². The average Bonchev–Trinajstić information content (AvgIpc) is 3.03. The number of hydrogen-bond acceptors (Lipinski definition) is 6. The van der Waals surface area contributed by atoms with Crippen molar-refractivity contribution in [2.75, 3.05) is 13.7 Å². The van der Waals surface area contributed by atoms with Gasteiger partial charge in [0, 0.05) is 23.9 Å². The van der Waals surface area contributed by atoms with Crippen LogP contribution in [0.2, 0.25) is 0 Å². The Morgan fingerprint density at radius 1 is 1.30 bits per heavy atom. The van der Waals surface area contributed by atoms with E-state index in [4.69, 9.17) is 4.74 Å². The second-order valence-corrected chi connectivity index (χ2v) is 7.03. The van der Waals surface area contributed by atoms with Crippen LogP contribution in [0.15, 0.2) is 30.6 Å². The van der Waals surface area contributed by atoms with Gasteiger partial charge in [-0.05, 0) is 38.5 Å². The number of rotatable bonds is 6. The molecule has 1 aromatic carbocycles. The maximum absolute atomic E-state index is 11.6. The van der Waals surface area contributed by atoms with Gasteiger partial charge in [-0.15, -0.1) is 0 Å². The van der Waals surface area contributed by atoms with Crippen LogP contribution in [-0.4, -0.2) is 46.2 Å². The zero-order chi connectivity index (χ0) is 20.0. The smallest absolute Gasteiger partial charge is 0.407 e. The number of aromatic hydroxyl groups is 1. The van der Waals surface area contributed by atoms with E-state index in [-0.39, 0.29) is 18.1 Å². The number of nitrogens with zero attached hydrogens (tertiary/aromatic N) is 2. The molecule has 8 nitrogen and oxygen atoms in total. The van der Waals surface area contributed by atoms with Crippen molar-refractivity contribution in [2.24, 2.45) is 0 Å².